The fraction of sp³-hybridized carbons (Fsp3) is 0.739. The van der Waals surface area contributed by atoms with E-state index in [0.717, 1.165) is 29.7 Å². The van der Waals surface area contributed by atoms with Crippen LogP contribution in [0.5, 0.6) is 11.5 Å². The molecule has 0 bridgehead atoms. The normalized spacial score (nSPS) is 12.4. The molecule has 0 spiro atoms. The summed E-state index contributed by atoms with van der Waals surface area (Å²) >= 11 is 0. The lowest BCUT2D eigenvalue weighted by Gasteiger charge is -2.31. The lowest BCUT2D eigenvalue weighted by molar-refractivity contribution is 0.366. The Kier molecular flexibility index (Phi) is 8.31. The molecular formula is C23H40O2. The first-order valence-corrected chi connectivity index (χ1v) is 10.1. The standard InChI is InChI=1S/C23H40O2/c1-8-10-12-14-22(3,4)18-17-21(25-7)19(16-20(18)24)23(5,6)15-13-11-9-2/h16-17,24H,8-15H2,1-7H3. The molecule has 0 saturated heterocycles. The maximum atomic E-state index is 10.8. The Morgan fingerprint density at radius 3 is 1.72 bits per heavy atom. The number of hydrogen-bond acceptors (Lipinski definition) is 2. The van der Waals surface area contributed by atoms with Crippen molar-refractivity contribution in [3.05, 3.63) is 23.3 Å². The Labute approximate surface area is 156 Å². The van der Waals surface area contributed by atoms with E-state index in [9.17, 15) is 5.11 Å². The third-order valence-corrected chi connectivity index (χ3v) is 5.59. The first-order chi connectivity index (χ1) is 11.7. The molecular weight excluding hydrogens is 308 g/mol. The first-order valence-electron chi connectivity index (χ1n) is 10.1. The van der Waals surface area contributed by atoms with Crippen molar-refractivity contribution in [3.63, 3.8) is 0 Å². The van der Waals surface area contributed by atoms with Crippen LogP contribution in [-0.4, -0.2) is 12.2 Å². The summed E-state index contributed by atoms with van der Waals surface area (Å²) in [6.07, 6.45) is 9.52. The summed E-state index contributed by atoms with van der Waals surface area (Å²) in [5.41, 5.74) is 2.09. The number of benzene rings is 1. The van der Waals surface area contributed by atoms with Gasteiger partial charge in [0.15, 0.2) is 0 Å². The van der Waals surface area contributed by atoms with Gasteiger partial charge in [-0.25, -0.2) is 0 Å². The van der Waals surface area contributed by atoms with Crippen LogP contribution >= 0.6 is 0 Å². The van der Waals surface area contributed by atoms with Gasteiger partial charge in [-0.05, 0) is 35.8 Å². The Bertz CT molecular complexity index is 529. The topological polar surface area (TPSA) is 29.5 Å². The number of phenols is 1. The van der Waals surface area contributed by atoms with Crippen LogP contribution in [0.4, 0.5) is 0 Å². The number of rotatable bonds is 11. The smallest absolute Gasteiger partial charge is 0.123 e. The van der Waals surface area contributed by atoms with Crippen LogP contribution in [0.25, 0.3) is 0 Å². The molecule has 0 amide bonds. The second kappa shape index (κ2) is 9.50. The van der Waals surface area contributed by atoms with Crippen LogP contribution in [-0.2, 0) is 10.8 Å². The number of methoxy groups -OCH3 is 1. The SMILES string of the molecule is CCCCCC(C)(C)c1cc(OC)c(C(C)(C)CCCCC)cc1O. The molecule has 144 valence electrons. The fourth-order valence-electron chi connectivity index (χ4n) is 3.71. The zero-order chi connectivity index (χ0) is 19.1. The third-order valence-electron chi connectivity index (χ3n) is 5.59. The summed E-state index contributed by atoms with van der Waals surface area (Å²) in [6, 6.07) is 4.04. The molecule has 2 nitrogen and oxygen atoms in total. The molecule has 2 heteroatoms. The second-order valence-electron chi connectivity index (χ2n) is 8.75. The largest absolute Gasteiger partial charge is 0.508 e. The fourth-order valence-corrected chi connectivity index (χ4v) is 3.71. The summed E-state index contributed by atoms with van der Waals surface area (Å²) in [5.74, 6) is 1.33. The van der Waals surface area contributed by atoms with E-state index >= 15 is 0 Å². The van der Waals surface area contributed by atoms with Crippen LogP contribution in [0.2, 0.25) is 0 Å². The number of unbranched alkanes of at least 4 members (excludes halogenated alkanes) is 4. The van der Waals surface area contributed by atoms with Crippen molar-refractivity contribution in [1.29, 1.82) is 0 Å². The molecule has 0 fully saturated rings. The summed E-state index contributed by atoms with van der Waals surface area (Å²) in [5, 5.41) is 10.8. The van der Waals surface area contributed by atoms with Gasteiger partial charge < -0.3 is 9.84 Å². The van der Waals surface area contributed by atoms with E-state index in [4.69, 9.17) is 4.74 Å². The van der Waals surface area contributed by atoms with Crippen LogP contribution in [0.3, 0.4) is 0 Å². The summed E-state index contributed by atoms with van der Waals surface area (Å²) in [4.78, 5) is 0. The van der Waals surface area contributed by atoms with Gasteiger partial charge in [0, 0.05) is 11.1 Å². The molecule has 0 aliphatic heterocycles. The van der Waals surface area contributed by atoms with Gasteiger partial charge in [-0.15, -0.1) is 0 Å². The Hall–Kier alpha value is -1.18. The molecule has 25 heavy (non-hydrogen) atoms. The lowest BCUT2D eigenvalue weighted by atomic mass is 9.75. The lowest BCUT2D eigenvalue weighted by Crippen LogP contribution is -2.21. The van der Waals surface area contributed by atoms with Crippen molar-refractivity contribution in [1.82, 2.24) is 0 Å². The van der Waals surface area contributed by atoms with Crippen LogP contribution in [0.1, 0.15) is 104 Å². The molecule has 1 aromatic rings. The second-order valence-corrected chi connectivity index (χ2v) is 8.75. The first kappa shape index (κ1) is 21.9. The molecule has 1 rings (SSSR count). The number of aromatic hydroxyl groups is 1. The zero-order valence-corrected chi connectivity index (χ0v) is 17.7. The van der Waals surface area contributed by atoms with E-state index in [1.165, 1.54) is 38.5 Å². The molecule has 0 aliphatic carbocycles. The predicted molar refractivity (Wildman–Crippen MR) is 109 cm³/mol. The summed E-state index contributed by atoms with van der Waals surface area (Å²) in [7, 11) is 1.74. The van der Waals surface area contributed by atoms with Gasteiger partial charge in [0.1, 0.15) is 11.5 Å². The number of phenolic OH excluding ortho intramolecular Hbond substituents is 1. The van der Waals surface area contributed by atoms with Crippen molar-refractivity contribution < 1.29 is 9.84 Å². The van der Waals surface area contributed by atoms with Gasteiger partial charge in [-0.1, -0.05) is 80.1 Å². The van der Waals surface area contributed by atoms with Crippen molar-refractivity contribution in [3.8, 4) is 11.5 Å². The van der Waals surface area contributed by atoms with Crippen LogP contribution < -0.4 is 4.74 Å². The van der Waals surface area contributed by atoms with Crippen LogP contribution in [0.15, 0.2) is 12.1 Å². The molecule has 1 aromatic carbocycles. The quantitative estimate of drug-likeness (QED) is 0.431. The Balaban J connectivity index is 3.14. The minimum Gasteiger partial charge on any atom is -0.508 e. The molecule has 0 heterocycles. The maximum Gasteiger partial charge on any atom is 0.123 e. The molecule has 0 atom stereocenters. The highest BCUT2D eigenvalue weighted by molar-refractivity contribution is 5.51. The van der Waals surface area contributed by atoms with E-state index in [-0.39, 0.29) is 10.8 Å². The monoisotopic (exact) mass is 348 g/mol. The van der Waals surface area contributed by atoms with Crippen LogP contribution in [0, 0.1) is 0 Å². The van der Waals surface area contributed by atoms with Gasteiger partial charge in [0.25, 0.3) is 0 Å². The van der Waals surface area contributed by atoms with Gasteiger partial charge >= 0.3 is 0 Å². The minimum absolute atomic E-state index is 0.00285. The molecule has 0 saturated carbocycles. The number of hydrogen-bond donors (Lipinski definition) is 1. The van der Waals surface area contributed by atoms with E-state index in [0.29, 0.717) is 5.75 Å². The van der Waals surface area contributed by atoms with Crippen molar-refractivity contribution >= 4 is 0 Å². The van der Waals surface area contributed by atoms with Gasteiger partial charge in [0.2, 0.25) is 0 Å². The minimum atomic E-state index is -0.0442. The molecule has 0 aliphatic rings. The van der Waals surface area contributed by atoms with E-state index in [2.05, 4.69) is 47.6 Å². The summed E-state index contributed by atoms with van der Waals surface area (Å²) in [6.45, 7) is 13.4. The van der Waals surface area contributed by atoms with Crippen molar-refractivity contribution in [2.45, 2.75) is 104 Å². The Morgan fingerprint density at radius 2 is 1.28 bits per heavy atom. The highest BCUT2D eigenvalue weighted by atomic mass is 16.5. The average molecular weight is 349 g/mol. The van der Waals surface area contributed by atoms with E-state index < -0.39 is 0 Å². The Morgan fingerprint density at radius 1 is 0.800 bits per heavy atom. The average Bonchev–Trinajstić information content (AvgIpc) is 2.54. The highest BCUT2D eigenvalue weighted by Gasteiger charge is 2.30. The summed E-state index contributed by atoms with van der Waals surface area (Å²) < 4.78 is 5.74. The molecule has 1 N–H and O–H groups in total. The molecule has 0 unspecified atom stereocenters. The van der Waals surface area contributed by atoms with E-state index in [1.807, 2.05) is 6.07 Å². The predicted octanol–water partition coefficient (Wildman–Crippen LogP) is 7.12. The van der Waals surface area contributed by atoms with Gasteiger partial charge in [-0.2, -0.15) is 0 Å². The van der Waals surface area contributed by atoms with Gasteiger partial charge in [-0.3, -0.25) is 0 Å². The maximum absolute atomic E-state index is 10.8. The van der Waals surface area contributed by atoms with Crippen molar-refractivity contribution in [2.75, 3.05) is 7.11 Å². The van der Waals surface area contributed by atoms with Crippen molar-refractivity contribution in [2.24, 2.45) is 0 Å². The number of ether oxygens (including phenoxy) is 1. The molecule has 0 aromatic heterocycles. The molecule has 0 radical (unpaired) electrons. The van der Waals surface area contributed by atoms with E-state index in [1.54, 1.807) is 7.11 Å². The zero-order valence-electron chi connectivity index (χ0n) is 17.7. The third kappa shape index (κ3) is 5.94. The van der Waals surface area contributed by atoms with Gasteiger partial charge in [0.05, 0.1) is 7.11 Å². The highest BCUT2D eigenvalue weighted by Crippen LogP contribution is 2.43.